The maximum Gasteiger partial charge on any atom is 0.0850 e. The second-order valence-electron chi connectivity index (χ2n) is 10.1. The van der Waals surface area contributed by atoms with Crippen LogP contribution in [-0.2, 0) is 19.5 Å². The predicted molar refractivity (Wildman–Crippen MR) is 144 cm³/mol. The van der Waals surface area contributed by atoms with Crippen molar-refractivity contribution in [1.29, 1.82) is 0 Å². The standard InChI is InChI=1S/C31H37N3O/c1-23-10-6-7-13-26(23)22-34(19-18-25-20-32-28-15-9-8-14-27(25)28)30-17-16-29(31(30)35)33(2)21-24-11-4-3-5-12-24/h3-15,20,29-32,35H,16-19,21-22H2,1-2H3/t29-,30-,31-/m0/s1. The third-order valence-electron chi connectivity index (χ3n) is 7.83. The van der Waals surface area contributed by atoms with Crippen molar-refractivity contribution < 1.29 is 5.11 Å². The average Bonchev–Trinajstić information content (AvgIpc) is 3.47. The molecule has 3 aromatic carbocycles. The van der Waals surface area contributed by atoms with Crippen LogP contribution < -0.4 is 0 Å². The summed E-state index contributed by atoms with van der Waals surface area (Å²) in [5, 5.41) is 12.9. The maximum absolute atomic E-state index is 11.6. The van der Waals surface area contributed by atoms with E-state index in [-0.39, 0.29) is 18.2 Å². The van der Waals surface area contributed by atoms with Crippen LogP contribution in [0.5, 0.6) is 0 Å². The molecule has 1 aromatic heterocycles. The van der Waals surface area contributed by atoms with Gasteiger partial charge in [0.1, 0.15) is 0 Å². The number of hydrogen-bond acceptors (Lipinski definition) is 3. The van der Waals surface area contributed by atoms with Gasteiger partial charge in [-0.15, -0.1) is 0 Å². The Balaban J connectivity index is 1.33. The van der Waals surface area contributed by atoms with Crippen molar-refractivity contribution in [3.05, 3.63) is 107 Å². The summed E-state index contributed by atoms with van der Waals surface area (Å²) in [6.07, 6.45) is 4.79. The molecule has 4 nitrogen and oxygen atoms in total. The Morgan fingerprint density at radius 1 is 0.829 bits per heavy atom. The third-order valence-corrected chi connectivity index (χ3v) is 7.83. The summed E-state index contributed by atoms with van der Waals surface area (Å²) in [7, 11) is 2.15. The fraction of sp³-hybridized carbons (Fsp3) is 0.355. The van der Waals surface area contributed by atoms with Crippen LogP contribution in [0.4, 0.5) is 0 Å². The second-order valence-corrected chi connectivity index (χ2v) is 10.1. The van der Waals surface area contributed by atoms with Gasteiger partial charge in [0.2, 0.25) is 0 Å². The predicted octanol–water partition coefficient (Wildman–Crippen LogP) is 5.54. The van der Waals surface area contributed by atoms with Gasteiger partial charge in [0.25, 0.3) is 0 Å². The first kappa shape index (κ1) is 23.8. The topological polar surface area (TPSA) is 42.5 Å². The highest BCUT2D eigenvalue weighted by atomic mass is 16.3. The fourth-order valence-corrected chi connectivity index (χ4v) is 5.78. The minimum Gasteiger partial charge on any atom is -0.390 e. The number of rotatable bonds is 9. The number of aromatic amines is 1. The average molecular weight is 468 g/mol. The summed E-state index contributed by atoms with van der Waals surface area (Å²) >= 11 is 0. The fourth-order valence-electron chi connectivity index (χ4n) is 5.78. The lowest BCUT2D eigenvalue weighted by atomic mass is 10.0. The Hall–Kier alpha value is -2.92. The molecule has 0 bridgehead atoms. The van der Waals surface area contributed by atoms with E-state index < -0.39 is 0 Å². The summed E-state index contributed by atoms with van der Waals surface area (Å²) in [5.74, 6) is 0. The van der Waals surface area contributed by atoms with E-state index in [1.54, 1.807) is 0 Å². The number of nitrogens with one attached hydrogen (secondary N) is 1. The molecule has 0 spiro atoms. The lowest BCUT2D eigenvalue weighted by molar-refractivity contribution is 0.0216. The molecule has 0 amide bonds. The quantitative estimate of drug-likeness (QED) is 0.339. The molecule has 1 aliphatic rings. The number of hydrogen-bond donors (Lipinski definition) is 2. The first-order valence-electron chi connectivity index (χ1n) is 12.9. The number of fused-ring (bicyclic) bond motifs is 1. The Morgan fingerprint density at radius 3 is 2.37 bits per heavy atom. The molecule has 1 aliphatic carbocycles. The van der Waals surface area contributed by atoms with Crippen LogP contribution in [0.3, 0.4) is 0 Å². The van der Waals surface area contributed by atoms with E-state index in [0.717, 1.165) is 38.9 Å². The number of H-pyrrole nitrogens is 1. The van der Waals surface area contributed by atoms with Gasteiger partial charge in [0.05, 0.1) is 6.10 Å². The molecule has 3 atom stereocenters. The minimum atomic E-state index is -0.365. The number of aromatic nitrogens is 1. The Bertz CT molecular complexity index is 1230. The van der Waals surface area contributed by atoms with Gasteiger partial charge in [-0.25, -0.2) is 0 Å². The molecule has 0 radical (unpaired) electrons. The maximum atomic E-state index is 11.6. The molecule has 1 heterocycles. The van der Waals surface area contributed by atoms with Crippen LogP contribution >= 0.6 is 0 Å². The van der Waals surface area contributed by atoms with E-state index in [0.29, 0.717) is 0 Å². The smallest absolute Gasteiger partial charge is 0.0850 e. The number of benzene rings is 3. The highest BCUT2D eigenvalue weighted by molar-refractivity contribution is 5.83. The van der Waals surface area contributed by atoms with Crippen LogP contribution in [0.1, 0.15) is 35.1 Å². The van der Waals surface area contributed by atoms with E-state index in [4.69, 9.17) is 0 Å². The van der Waals surface area contributed by atoms with E-state index in [9.17, 15) is 5.11 Å². The lowest BCUT2D eigenvalue weighted by Gasteiger charge is -2.35. The van der Waals surface area contributed by atoms with Crippen molar-refractivity contribution in [2.45, 2.75) is 57.5 Å². The molecule has 0 aliphatic heterocycles. The van der Waals surface area contributed by atoms with Crippen LogP contribution in [0.2, 0.25) is 0 Å². The summed E-state index contributed by atoms with van der Waals surface area (Å²) in [6.45, 7) is 4.84. The van der Waals surface area contributed by atoms with Crippen molar-refractivity contribution in [3.63, 3.8) is 0 Å². The Kier molecular flexibility index (Phi) is 7.33. The monoisotopic (exact) mass is 467 g/mol. The van der Waals surface area contributed by atoms with E-state index in [2.05, 4.69) is 114 Å². The van der Waals surface area contributed by atoms with Crippen molar-refractivity contribution in [1.82, 2.24) is 14.8 Å². The number of likely N-dealkylation sites (N-methyl/N-ethyl adjacent to an activating group) is 1. The van der Waals surface area contributed by atoms with Crippen LogP contribution in [-0.4, -0.2) is 51.7 Å². The van der Waals surface area contributed by atoms with E-state index in [1.807, 2.05) is 0 Å². The minimum absolute atomic E-state index is 0.156. The molecular weight excluding hydrogens is 430 g/mol. The van der Waals surface area contributed by atoms with E-state index in [1.165, 1.54) is 33.2 Å². The molecule has 1 saturated carbocycles. The number of aliphatic hydroxyl groups is 1. The SMILES string of the molecule is Cc1ccccc1CN(CCc1c[nH]c2ccccc12)[C@H]1CC[C@H](N(C)Cc2ccccc2)[C@@H]1O. The highest BCUT2D eigenvalue weighted by Gasteiger charge is 2.40. The first-order chi connectivity index (χ1) is 17.1. The molecule has 5 rings (SSSR count). The zero-order chi connectivity index (χ0) is 24.2. The van der Waals surface area contributed by atoms with Gasteiger partial charge >= 0.3 is 0 Å². The van der Waals surface area contributed by atoms with Gasteiger partial charge in [-0.2, -0.15) is 0 Å². The summed E-state index contributed by atoms with van der Waals surface area (Å²) < 4.78 is 0. The van der Waals surface area contributed by atoms with Crippen molar-refractivity contribution in [3.8, 4) is 0 Å². The number of nitrogens with zero attached hydrogens (tertiary/aromatic N) is 2. The van der Waals surface area contributed by atoms with Crippen LogP contribution in [0, 0.1) is 6.92 Å². The van der Waals surface area contributed by atoms with Crippen molar-refractivity contribution >= 4 is 10.9 Å². The van der Waals surface area contributed by atoms with Crippen LogP contribution in [0.15, 0.2) is 85.1 Å². The largest absolute Gasteiger partial charge is 0.390 e. The van der Waals surface area contributed by atoms with Gasteiger partial charge in [-0.05, 0) is 61.6 Å². The second kappa shape index (κ2) is 10.8. The molecule has 4 heteroatoms. The number of aryl methyl sites for hydroxylation is 1. The van der Waals surface area contributed by atoms with E-state index >= 15 is 0 Å². The van der Waals surface area contributed by atoms with Gasteiger partial charge in [0, 0.05) is 48.8 Å². The molecule has 4 aromatic rings. The molecular formula is C31H37N3O. The lowest BCUT2D eigenvalue weighted by Crippen LogP contribution is -2.47. The molecule has 0 saturated heterocycles. The van der Waals surface area contributed by atoms with Gasteiger partial charge in [-0.1, -0.05) is 72.8 Å². The van der Waals surface area contributed by atoms with Gasteiger partial charge in [-0.3, -0.25) is 9.80 Å². The number of para-hydroxylation sites is 1. The van der Waals surface area contributed by atoms with Gasteiger partial charge in [0.15, 0.2) is 0 Å². The highest BCUT2D eigenvalue weighted by Crippen LogP contribution is 2.31. The zero-order valence-electron chi connectivity index (χ0n) is 20.9. The Morgan fingerprint density at radius 2 is 1.54 bits per heavy atom. The normalized spacial score (nSPS) is 20.3. The summed E-state index contributed by atoms with van der Waals surface area (Å²) in [5.41, 5.74) is 6.49. The number of aliphatic hydroxyl groups excluding tert-OH is 1. The molecule has 0 unspecified atom stereocenters. The molecule has 35 heavy (non-hydrogen) atoms. The van der Waals surface area contributed by atoms with Crippen molar-refractivity contribution in [2.24, 2.45) is 0 Å². The molecule has 182 valence electrons. The van der Waals surface area contributed by atoms with Gasteiger partial charge < -0.3 is 10.1 Å². The third kappa shape index (κ3) is 5.35. The van der Waals surface area contributed by atoms with Crippen molar-refractivity contribution in [2.75, 3.05) is 13.6 Å². The zero-order valence-corrected chi connectivity index (χ0v) is 20.9. The summed E-state index contributed by atoms with van der Waals surface area (Å²) in [6, 6.07) is 28.1. The molecule has 1 fully saturated rings. The molecule has 2 N–H and O–H groups in total. The first-order valence-corrected chi connectivity index (χ1v) is 12.9. The Labute approximate surface area is 209 Å². The summed E-state index contributed by atoms with van der Waals surface area (Å²) in [4.78, 5) is 8.29. The van der Waals surface area contributed by atoms with Crippen LogP contribution in [0.25, 0.3) is 10.9 Å².